The minimum absolute atomic E-state index is 0.0496. The van der Waals surface area contributed by atoms with Crippen molar-refractivity contribution in [2.75, 3.05) is 5.32 Å². The smallest absolute Gasteiger partial charge is 0.335 e. The Labute approximate surface area is 99.8 Å². The summed E-state index contributed by atoms with van der Waals surface area (Å²) < 4.78 is 0. The van der Waals surface area contributed by atoms with E-state index >= 15 is 0 Å². The van der Waals surface area contributed by atoms with Gasteiger partial charge in [-0.1, -0.05) is 0 Å². The lowest BCUT2D eigenvalue weighted by atomic mass is 10.1. The summed E-state index contributed by atoms with van der Waals surface area (Å²) in [5, 5.41) is 14.2. The third-order valence-electron chi connectivity index (χ3n) is 2.14. The molecule has 0 fully saturated rings. The summed E-state index contributed by atoms with van der Waals surface area (Å²) in [6.45, 7) is 5.47. The SMILES string of the molecule is Cc1cc(C(=O)O)ccc1NC(=O)NC(C)C. The molecule has 2 amide bonds. The zero-order chi connectivity index (χ0) is 13.0. The molecule has 1 aromatic rings. The first kappa shape index (κ1) is 13.0. The van der Waals surface area contributed by atoms with E-state index in [1.807, 2.05) is 13.8 Å². The number of nitrogens with one attached hydrogen (secondary N) is 2. The summed E-state index contributed by atoms with van der Waals surface area (Å²) in [7, 11) is 0. The number of hydrogen-bond acceptors (Lipinski definition) is 2. The lowest BCUT2D eigenvalue weighted by Gasteiger charge is -2.12. The van der Waals surface area contributed by atoms with Crippen molar-refractivity contribution in [2.24, 2.45) is 0 Å². The first-order chi connectivity index (χ1) is 7.90. The second-order valence-electron chi connectivity index (χ2n) is 4.09. The first-order valence-electron chi connectivity index (χ1n) is 5.31. The number of anilines is 1. The van der Waals surface area contributed by atoms with Crippen molar-refractivity contribution in [3.05, 3.63) is 29.3 Å². The van der Waals surface area contributed by atoms with Crippen LogP contribution in [0.15, 0.2) is 18.2 Å². The quantitative estimate of drug-likeness (QED) is 0.753. The molecule has 0 saturated carbocycles. The van der Waals surface area contributed by atoms with Gasteiger partial charge in [0.25, 0.3) is 0 Å². The number of amides is 2. The van der Waals surface area contributed by atoms with Crippen LogP contribution in [0.5, 0.6) is 0 Å². The monoisotopic (exact) mass is 236 g/mol. The lowest BCUT2D eigenvalue weighted by Crippen LogP contribution is -2.34. The van der Waals surface area contributed by atoms with Gasteiger partial charge < -0.3 is 15.7 Å². The maximum atomic E-state index is 11.5. The Morgan fingerprint density at radius 1 is 1.29 bits per heavy atom. The van der Waals surface area contributed by atoms with Crippen LogP contribution in [0.4, 0.5) is 10.5 Å². The summed E-state index contributed by atoms with van der Waals surface area (Å²) >= 11 is 0. The topological polar surface area (TPSA) is 78.4 Å². The van der Waals surface area contributed by atoms with Crippen LogP contribution in [0, 0.1) is 6.92 Å². The summed E-state index contributed by atoms with van der Waals surface area (Å²) in [6.07, 6.45) is 0. The minimum atomic E-state index is -0.980. The number of rotatable bonds is 3. The maximum absolute atomic E-state index is 11.5. The Morgan fingerprint density at radius 3 is 2.41 bits per heavy atom. The molecule has 0 unspecified atom stereocenters. The molecule has 0 bridgehead atoms. The molecule has 0 heterocycles. The van der Waals surface area contributed by atoms with Gasteiger partial charge in [0.1, 0.15) is 0 Å². The van der Waals surface area contributed by atoms with Gasteiger partial charge in [0, 0.05) is 11.7 Å². The highest BCUT2D eigenvalue weighted by atomic mass is 16.4. The molecule has 0 spiro atoms. The highest BCUT2D eigenvalue weighted by molar-refractivity contribution is 5.92. The highest BCUT2D eigenvalue weighted by Crippen LogP contribution is 2.16. The van der Waals surface area contributed by atoms with Gasteiger partial charge in [-0.25, -0.2) is 9.59 Å². The fraction of sp³-hybridized carbons (Fsp3) is 0.333. The second kappa shape index (κ2) is 5.34. The molecule has 0 aliphatic rings. The molecule has 1 aromatic carbocycles. The number of carbonyl (C=O) groups excluding carboxylic acids is 1. The predicted molar refractivity (Wildman–Crippen MR) is 65.4 cm³/mol. The van der Waals surface area contributed by atoms with Crippen molar-refractivity contribution >= 4 is 17.7 Å². The maximum Gasteiger partial charge on any atom is 0.335 e. The minimum Gasteiger partial charge on any atom is -0.478 e. The molecule has 17 heavy (non-hydrogen) atoms. The first-order valence-corrected chi connectivity index (χ1v) is 5.31. The van der Waals surface area contributed by atoms with E-state index in [4.69, 9.17) is 5.11 Å². The Hall–Kier alpha value is -2.04. The van der Waals surface area contributed by atoms with Crippen LogP contribution in [-0.2, 0) is 0 Å². The zero-order valence-corrected chi connectivity index (χ0v) is 10.1. The molecular weight excluding hydrogens is 220 g/mol. The number of hydrogen-bond donors (Lipinski definition) is 3. The van der Waals surface area contributed by atoms with Crippen LogP contribution < -0.4 is 10.6 Å². The van der Waals surface area contributed by atoms with E-state index in [1.165, 1.54) is 12.1 Å². The molecule has 3 N–H and O–H groups in total. The molecule has 0 atom stereocenters. The molecule has 0 radical (unpaired) electrons. The standard InChI is InChI=1S/C12H16N2O3/c1-7(2)13-12(17)14-10-5-4-9(11(15)16)6-8(10)3/h4-7H,1-3H3,(H,15,16)(H2,13,14,17). The van der Waals surface area contributed by atoms with Gasteiger partial charge in [-0.2, -0.15) is 0 Å². The third-order valence-corrected chi connectivity index (χ3v) is 2.14. The number of carbonyl (C=O) groups is 2. The molecule has 0 saturated heterocycles. The molecule has 5 nitrogen and oxygen atoms in total. The predicted octanol–water partition coefficient (Wildman–Crippen LogP) is 2.22. The summed E-state index contributed by atoms with van der Waals surface area (Å²) in [5.74, 6) is -0.980. The van der Waals surface area contributed by atoms with Gasteiger partial charge >= 0.3 is 12.0 Å². The van der Waals surface area contributed by atoms with E-state index in [2.05, 4.69) is 10.6 Å². The van der Waals surface area contributed by atoms with Crippen LogP contribution in [0.2, 0.25) is 0 Å². The van der Waals surface area contributed by atoms with Gasteiger partial charge in [-0.3, -0.25) is 0 Å². The lowest BCUT2D eigenvalue weighted by molar-refractivity contribution is 0.0697. The highest BCUT2D eigenvalue weighted by Gasteiger charge is 2.08. The Kier molecular flexibility index (Phi) is 4.09. The second-order valence-corrected chi connectivity index (χ2v) is 4.09. The van der Waals surface area contributed by atoms with Crippen molar-refractivity contribution in [2.45, 2.75) is 26.8 Å². The molecule has 1 rings (SSSR count). The average Bonchev–Trinajstić information content (AvgIpc) is 2.19. The molecule has 92 valence electrons. The van der Waals surface area contributed by atoms with Gasteiger partial charge in [0.15, 0.2) is 0 Å². The number of aromatic carboxylic acids is 1. The Bertz CT molecular complexity index is 441. The van der Waals surface area contributed by atoms with Crippen molar-refractivity contribution < 1.29 is 14.7 Å². The summed E-state index contributed by atoms with van der Waals surface area (Å²) in [5.41, 5.74) is 1.52. The summed E-state index contributed by atoms with van der Waals surface area (Å²) in [4.78, 5) is 22.2. The molecule has 0 aliphatic heterocycles. The fourth-order valence-electron chi connectivity index (χ4n) is 1.36. The van der Waals surface area contributed by atoms with E-state index < -0.39 is 5.97 Å². The van der Waals surface area contributed by atoms with Crippen molar-refractivity contribution in [3.63, 3.8) is 0 Å². The number of urea groups is 1. The average molecular weight is 236 g/mol. The van der Waals surface area contributed by atoms with Crippen LogP contribution in [0.1, 0.15) is 29.8 Å². The van der Waals surface area contributed by atoms with Gasteiger partial charge in [-0.05, 0) is 44.5 Å². The molecule has 5 heteroatoms. The Balaban J connectivity index is 2.79. The van der Waals surface area contributed by atoms with E-state index in [1.54, 1.807) is 13.0 Å². The van der Waals surface area contributed by atoms with Crippen molar-refractivity contribution in [1.82, 2.24) is 5.32 Å². The van der Waals surface area contributed by atoms with E-state index in [9.17, 15) is 9.59 Å². The Morgan fingerprint density at radius 2 is 1.94 bits per heavy atom. The normalized spacial score (nSPS) is 10.1. The largest absolute Gasteiger partial charge is 0.478 e. The molecular formula is C12H16N2O3. The van der Waals surface area contributed by atoms with Crippen LogP contribution in [0.3, 0.4) is 0 Å². The fourth-order valence-corrected chi connectivity index (χ4v) is 1.36. The van der Waals surface area contributed by atoms with Crippen molar-refractivity contribution in [1.29, 1.82) is 0 Å². The number of aryl methyl sites for hydroxylation is 1. The van der Waals surface area contributed by atoms with E-state index in [-0.39, 0.29) is 17.6 Å². The van der Waals surface area contributed by atoms with Crippen LogP contribution >= 0.6 is 0 Å². The summed E-state index contributed by atoms with van der Waals surface area (Å²) in [6, 6.07) is 4.31. The zero-order valence-electron chi connectivity index (χ0n) is 10.1. The van der Waals surface area contributed by atoms with Gasteiger partial charge in [-0.15, -0.1) is 0 Å². The van der Waals surface area contributed by atoms with E-state index in [0.717, 1.165) is 0 Å². The van der Waals surface area contributed by atoms with Crippen molar-refractivity contribution in [3.8, 4) is 0 Å². The van der Waals surface area contributed by atoms with Gasteiger partial charge in [0.05, 0.1) is 5.56 Å². The number of benzene rings is 1. The van der Waals surface area contributed by atoms with Gasteiger partial charge in [0.2, 0.25) is 0 Å². The number of carboxylic acid groups (broad SMARTS) is 1. The van der Waals surface area contributed by atoms with E-state index in [0.29, 0.717) is 11.3 Å². The van der Waals surface area contributed by atoms with Crippen LogP contribution in [0.25, 0.3) is 0 Å². The molecule has 0 aromatic heterocycles. The van der Waals surface area contributed by atoms with Crippen LogP contribution in [-0.4, -0.2) is 23.1 Å². The molecule has 0 aliphatic carbocycles. The number of carboxylic acids is 1. The third kappa shape index (κ3) is 3.79.